The number of benzene rings is 1. The first-order chi connectivity index (χ1) is 5.52. The molecule has 0 spiro atoms. The van der Waals surface area contributed by atoms with E-state index in [-0.39, 0.29) is 5.56 Å². The maximum Gasteiger partial charge on any atom is 0.248 e. The fourth-order valence-corrected chi connectivity index (χ4v) is 1.10. The van der Waals surface area contributed by atoms with Crippen molar-refractivity contribution >= 4 is 21.8 Å². The first-order valence-corrected chi connectivity index (χ1v) is 4.07. The van der Waals surface area contributed by atoms with Crippen LogP contribution in [0.2, 0.25) is 0 Å². The van der Waals surface area contributed by atoms with Gasteiger partial charge in [0.15, 0.2) is 0 Å². The molecule has 1 amide bonds. The van der Waals surface area contributed by atoms with Gasteiger partial charge < -0.3 is 5.73 Å². The molecule has 2 N–H and O–H groups in total. The second-order valence-corrected chi connectivity index (χ2v) is 3.25. The number of amides is 1. The molecule has 0 saturated carbocycles. The van der Waals surface area contributed by atoms with E-state index in [1.54, 1.807) is 6.92 Å². The molecule has 64 valence electrons. The number of carbonyl (C=O) groups excluding carboxylic acids is 1. The van der Waals surface area contributed by atoms with E-state index in [9.17, 15) is 9.18 Å². The molecule has 0 fully saturated rings. The van der Waals surface area contributed by atoms with E-state index < -0.39 is 11.7 Å². The minimum absolute atomic E-state index is 0.188. The third-order valence-corrected chi connectivity index (χ3v) is 2.50. The molecule has 1 aromatic rings. The summed E-state index contributed by atoms with van der Waals surface area (Å²) in [6.45, 7) is 1.69. The predicted octanol–water partition coefficient (Wildman–Crippen LogP) is 2.00. The fourth-order valence-electron chi connectivity index (χ4n) is 0.869. The van der Waals surface area contributed by atoms with Gasteiger partial charge in [-0.3, -0.25) is 4.79 Å². The van der Waals surface area contributed by atoms with Crippen LogP contribution in [-0.4, -0.2) is 5.91 Å². The Morgan fingerprint density at radius 3 is 2.58 bits per heavy atom. The van der Waals surface area contributed by atoms with Gasteiger partial charge in [-0.15, -0.1) is 0 Å². The molecular weight excluding hydrogens is 225 g/mol. The van der Waals surface area contributed by atoms with Crippen LogP contribution >= 0.6 is 15.9 Å². The van der Waals surface area contributed by atoms with Crippen molar-refractivity contribution in [2.75, 3.05) is 0 Å². The van der Waals surface area contributed by atoms with Gasteiger partial charge in [-0.2, -0.15) is 0 Å². The molecule has 1 aromatic carbocycles. The summed E-state index contributed by atoms with van der Waals surface area (Å²) < 4.78 is 13.3. The van der Waals surface area contributed by atoms with Gasteiger partial charge in [-0.05, 0) is 40.5 Å². The summed E-state index contributed by atoms with van der Waals surface area (Å²) >= 11 is 3.04. The van der Waals surface area contributed by atoms with Gasteiger partial charge in [-0.25, -0.2) is 4.39 Å². The number of nitrogens with two attached hydrogens (primary N) is 1. The quantitative estimate of drug-likeness (QED) is 0.790. The molecule has 1 rings (SSSR count). The van der Waals surface area contributed by atoms with Crippen LogP contribution < -0.4 is 5.73 Å². The number of hydrogen-bond acceptors (Lipinski definition) is 1. The average molecular weight is 232 g/mol. The van der Waals surface area contributed by atoms with Crippen LogP contribution in [0.3, 0.4) is 0 Å². The molecule has 0 bridgehead atoms. The molecule has 0 aromatic heterocycles. The van der Waals surface area contributed by atoms with E-state index in [1.165, 1.54) is 6.07 Å². The average Bonchev–Trinajstić information content (AvgIpc) is 1.99. The molecule has 12 heavy (non-hydrogen) atoms. The van der Waals surface area contributed by atoms with E-state index in [1.807, 2.05) is 0 Å². The van der Waals surface area contributed by atoms with E-state index in [4.69, 9.17) is 5.73 Å². The Labute approximate surface area is 77.7 Å². The molecule has 0 heterocycles. The topological polar surface area (TPSA) is 43.1 Å². The summed E-state index contributed by atoms with van der Waals surface area (Å²) in [4.78, 5) is 10.7. The third-order valence-electron chi connectivity index (χ3n) is 1.49. The molecule has 0 atom stereocenters. The molecule has 2 nitrogen and oxygen atoms in total. The Morgan fingerprint density at radius 1 is 1.58 bits per heavy atom. The van der Waals surface area contributed by atoms with Crippen LogP contribution in [0.15, 0.2) is 16.6 Å². The summed E-state index contributed by atoms with van der Waals surface area (Å²) in [5.74, 6) is -1.09. The summed E-state index contributed by atoms with van der Waals surface area (Å²) in [6.07, 6.45) is 0. The van der Waals surface area contributed by atoms with Crippen LogP contribution in [-0.2, 0) is 0 Å². The maximum absolute atomic E-state index is 12.9. The number of primary amides is 1. The second kappa shape index (κ2) is 3.23. The third kappa shape index (κ3) is 1.64. The van der Waals surface area contributed by atoms with Crippen molar-refractivity contribution in [3.8, 4) is 0 Å². The monoisotopic (exact) mass is 231 g/mol. The van der Waals surface area contributed by atoms with Crippen LogP contribution in [0.4, 0.5) is 4.39 Å². The first kappa shape index (κ1) is 9.19. The Morgan fingerprint density at radius 2 is 2.17 bits per heavy atom. The Bertz CT molecular complexity index is 315. The minimum Gasteiger partial charge on any atom is -0.366 e. The van der Waals surface area contributed by atoms with Crippen molar-refractivity contribution in [1.82, 2.24) is 0 Å². The molecule has 0 radical (unpaired) electrons. The number of carbonyl (C=O) groups is 1. The lowest BCUT2D eigenvalue weighted by Crippen LogP contribution is -2.11. The van der Waals surface area contributed by atoms with Crippen molar-refractivity contribution in [1.29, 1.82) is 0 Å². The number of hydrogen-bond donors (Lipinski definition) is 1. The Balaban J connectivity index is 3.31. The second-order valence-electron chi connectivity index (χ2n) is 2.45. The summed E-state index contributed by atoms with van der Waals surface area (Å²) in [6, 6.07) is 2.65. The van der Waals surface area contributed by atoms with E-state index in [0.717, 1.165) is 6.07 Å². The van der Waals surface area contributed by atoms with Gasteiger partial charge in [0.2, 0.25) is 5.91 Å². The van der Waals surface area contributed by atoms with Crippen molar-refractivity contribution in [3.05, 3.63) is 33.5 Å². The van der Waals surface area contributed by atoms with Crippen LogP contribution in [0.5, 0.6) is 0 Å². The standard InChI is InChI=1S/C8H7BrFNO/c1-4-2-5(8(11)12)3-6(10)7(4)9/h2-3H,1H3,(H2,11,12). The van der Waals surface area contributed by atoms with Crippen molar-refractivity contribution in [2.24, 2.45) is 5.73 Å². The van der Waals surface area contributed by atoms with E-state index in [0.29, 0.717) is 10.0 Å². The Hall–Kier alpha value is -0.900. The zero-order valence-corrected chi connectivity index (χ0v) is 7.98. The summed E-state index contributed by atoms with van der Waals surface area (Å²) in [5, 5.41) is 0. The van der Waals surface area contributed by atoms with Crippen molar-refractivity contribution < 1.29 is 9.18 Å². The molecule has 0 saturated heterocycles. The molecule has 0 aliphatic heterocycles. The fraction of sp³-hybridized carbons (Fsp3) is 0.125. The number of rotatable bonds is 1. The Kier molecular flexibility index (Phi) is 2.47. The maximum atomic E-state index is 12.9. The van der Waals surface area contributed by atoms with Crippen molar-refractivity contribution in [3.63, 3.8) is 0 Å². The molecular formula is C8H7BrFNO. The highest BCUT2D eigenvalue weighted by Gasteiger charge is 2.07. The van der Waals surface area contributed by atoms with Gasteiger partial charge in [0, 0.05) is 5.56 Å². The summed E-state index contributed by atoms with van der Waals surface area (Å²) in [7, 11) is 0. The molecule has 0 aliphatic carbocycles. The minimum atomic E-state index is -0.621. The van der Waals surface area contributed by atoms with Crippen molar-refractivity contribution in [2.45, 2.75) is 6.92 Å². The normalized spacial score (nSPS) is 9.92. The lowest BCUT2D eigenvalue weighted by atomic mass is 10.1. The smallest absolute Gasteiger partial charge is 0.248 e. The van der Waals surface area contributed by atoms with Gasteiger partial charge in [-0.1, -0.05) is 0 Å². The lowest BCUT2D eigenvalue weighted by Gasteiger charge is -2.01. The van der Waals surface area contributed by atoms with Gasteiger partial charge in [0.25, 0.3) is 0 Å². The molecule has 4 heteroatoms. The zero-order valence-electron chi connectivity index (χ0n) is 6.40. The van der Waals surface area contributed by atoms with Crippen LogP contribution in [0.1, 0.15) is 15.9 Å². The summed E-state index contributed by atoms with van der Waals surface area (Å²) in [5.41, 5.74) is 5.83. The first-order valence-electron chi connectivity index (χ1n) is 3.28. The number of halogens is 2. The largest absolute Gasteiger partial charge is 0.366 e. The van der Waals surface area contributed by atoms with E-state index >= 15 is 0 Å². The number of aryl methyl sites for hydroxylation is 1. The van der Waals surface area contributed by atoms with Gasteiger partial charge >= 0.3 is 0 Å². The predicted molar refractivity (Wildman–Crippen MR) is 47.4 cm³/mol. The highest BCUT2D eigenvalue weighted by Crippen LogP contribution is 2.21. The van der Waals surface area contributed by atoms with Crippen LogP contribution in [0.25, 0.3) is 0 Å². The van der Waals surface area contributed by atoms with Gasteiger partial charge in [0.05, 0.1) is 4.47 Å². The highest BCUT2D eigenvalue weighted by atomic mass is 79.9. The molecule has 0 aliphatic rings. The SMILES string of the molecule is Cc1cc(C(N)=O)cc(F)c1Br. The molecule has 0 unspecified atom stereocenters. The lowest BCUT2D eigenvalue weighted by molar-refractivity contribution is 0.0999. The highest BCUT2D eigenvalue weighted by molar-refractivity contribution is 9.10. The zero-order chi connectivity index (χ0) is 9.30. The van der Waals surface area contributed by atoms with E-state index in [2.05, 4.69) is 15.9 Å². The van der Waals surface area contributed by atoms with Crippen LogP contribution in [0, 0.1) is 12.7 Å². The van der Waals surface area contributed by atoms with Gasteiger partial charge in [0.1, 0.15) is 5.82 Å².